The lowest BCUT2D eigenvalue weighted by Gasteiger charge is -2.10. The first kappa shape index (κ1) is 20.4. The molecule has 0 aliphatic rings. The van der Waals surface area contributed by atoms with Crippen LogP contribution < -0.4 is 4.74 Å². The average Bonchev–Trinajstić information content (AvgIpc) is 3.13. The summed E-state index contributed by atoms with van der Waals surface area (Å²) in [5.41, 5.74) is 3.75. The predicted molar refractivity (Wildman–Crippen MR) is 114 cm³/mol. The Balaban J connectivity index is 0.000000552. The van der Waals surface area contributed by atoms with Crippen molar-refractivity contribution in [1.29, 1.82) is 0 Å². The number of methoxy groups -OCH3 is 1. The number of rotatable bonds is 4. The van der Waals surface area contributed by atoms with Gasteiger partial charge in [0, 0.05) is 16.3 Å². The van der Waals surface area contributed by atoms with Crippen LogP contribution >= 0.6 is 22.9 Å². The molecule has 0 bridgehead atoms. The van der Waals surface area contributed by atoms with Gasteiger partial charge in [0.2, 0.25) is 0 Å². The van der Waals surface area contributed by atoms with E-state index in [1.165, 1.54) is 0 Å². The van der Waals surface area contributed by atoms with Crippen LogP contribution in [0.15, 0.2) is 36.2 Å². The van der Waals surface area contributed by atoms with Gasteiger partial charge >= 0.3 is 0 Å². The fourth-order valence-corrected chi connectivity index (χ4v) is 3.57. The molecule has 2 aromatic heterocycles. The predicted octanol–water partition coefficient (Wildman–Crippen LogP) is 7.03. The van der Waals surface area contributed by atoms with Crippen molar-refractivity contribution in [2.24, 2.45) is 0 Å². The molecule has 26 heavy (non-hydrogen) atoms. The second-order valence-corrected chi connectivity index (χ2v) is 7.47. The van der Waals surface area contributed by atoms with Gasteiger partial charge in [-0.25, -0.2) is 9.97 Å². The summed E-state index contributed by atoms with van der Waals surface area (Å²) in [5.74, 6) is 1.22. The lowest BCUT2D eigenvalue weighted by atomic mass is 10.1. The molecule has 3 nitrogen and oxygen atoms in total. The first-order valence-corrected chi connectivity index (χ1v) is 9.89. The number of hydrogen-bond acceptors (Lipinski definition) is 4. The zero-order valence-corrected chi connectivity index (χ0v) is 17.5. The number of nitrogens with zero attached hydrogens (tertiary/aromatic N) is 2. The molecule has 0 fully saturated rings. The maximum absolute atomic E-state index is 6.44. The van der Waals surface area contributed by atoms with Gasteiger partial charge in [0.15, 0.2) is 0 Å². The number of aryl methyl sites for hydroxylation is 1. The molecule has 0 amide bonds. The summed E-state index contributed by atoms with van der Waals surface area (Å²) < 4.78 is 5.38. The summed E-state index contributed by atoms with van der Waals surface area (Å²) in [6.07, 6.45) is 2.96. The zero-order valence-electron chi connectivity index (χ0n) is 16.0. The average molecular weight is 389 g/mol. The molecule has 3 aromatic rings. The first-order valence-electron chi connectivity index (χ1n) is 8.63. The summed E-state index contributed by atoms with van der Waals surface area (Å²) in [6.45, 7) is 11.8. The normalized spacial score (nSPS) is 10.6. The highest BCUT2D eigenvalue weighted by atomic mass is 35.5. The van der Waals surface area contributed by atoms with Crippen LogP contribution in [0, 0.1) is 6.92 Å². The molecule has 0 atom stereocenters. The quantitative estimate of drug-likeness (QED) is 0.450. The number of hydrogen-bond donors (Lipinski definition) is 0. The van der Waals surface area contributed by atoms with E-state index in [0.717, 1.165) is 45.0 Å². The van der Waals surface area contributed by atoms with Gasteiger partial charge in [-0.15, -0.1) is 17.9 Å². The molecule has 3 rings (SSSR count). The van der Waals surface area contributed by atoms with Gasteiger partial charge in [-0.3, -0.25) is 0 Å². The number of ether oxygens (including phenoxy) is 1. The van der Waals surface area contributed by atoms with Crippen LogP contribution in [-0.4, -0.2) is 17.1 Å². The molecule has 138 valence electrons. The van der Waals surface area contributed by atoms with Crippen molar-refractivity contribution < 1.29 is 4.74 Å². The summed E-state index contributed by atoms with van der Waals surface area (Å²) >= 11 is 8.05. The topological polar surface area (TPSA) is 35.0 Å². The van der Waals surface area contributed by atoms with Gasteiger partial charge in [-0.1, -0.05) is 38.4 Å². The Kier molecular flexibility index (Phi) is 7.18. The van der Waals surface area contributed by atoms with Gasteiger partial charge in [0.1, 0.15) is 16.5 Å². The molecule has 0 aliphatic heterocycles. The SMILES string of the molecule is C=CCC.COc1ccc2c(Cl)cc(-c3nc(C(C)C)cs3)nc2c1C. The Morgan fingerprint density at radius 3 is 2.54 bits per heavy atom. The van der Waals surface area contributed by atoms with E-state index in [4.69, 9.17) is 21.3 Å². The van der Waals surface area contributed by atoms with E-state index in [-0.39, 0.29) is 0 Å². The van der Waals surface area contributed by atoms with Gasteiger partial charge in [0.05, 0.1) is 23.3 Å². The zero-order chi connectivity index (χ0) is 19.3. The molecule has 0 spiro atoms. The third kappa shape index (κ3) is 4.43. The lowest BCUT2D eigenvalue weighted by Crippen LogP contribution is -1.93. The molecule has 2 heterocycles. The van der Waals surface area contributed by atoms with Crippen LogP contribution in [-0.2, 0) is 0 Å². The Morgan fingerprint density at radius 2 is 2.00 bits per heavy atom. The monoisotopic (exact) mass is 388 g/mol. The third-order valence-electron chi connectivity index (χ3n) is 3.98. The number of halogens is 1. The molecule has 0 saturated heterocycles. The number of pyridine rings is 1. The van der Waals surface area contributed by atoms with Crippen LogP contribution in [0.1, 0.15) is 44.4 Å². The molecule has 0 radical (unpaired) electrons. The minimum absolute atomic E-state index is 0.405. The number of aromatic nitrogens is 2. The molecular weight excluding hydrogens is 364 g/mol. The maximum Gasteiger partial charge on any atom is 0.142 e. The van der Waals surface area contributed by atoms with Crippen molar-refractivity contribution in [3.63, 3.8) is 0 Å². The van der Waals surface area contributed by atoms with Crippen LogP contribution in [0.25, 0.3) is 21.6 Å². The Morgan fingerprint density at radius 1 is 1.31 bits per heavy atom. The van der Waals surface area contributed by atoms with Crippen molar-refractivity contribution in [2.75, 3.05) is 7.11 Å². The first-order chi connectivity index (χ1) is 12.4. The van der Waals surface area contributed by atoms with E-state index in [1.54, 1.807) is 18.4 Å². The lowest BCUT2D eigenvalue weighted by molar-refractivity contribution is 0.412. The molecule has 5 heteroatoms. The summed E-state index contributed by atoms with van der Waals surface area (Å²) in [4.78, 5) is 9.44. The van der Waals surface area contributed by atoms with Crippen molar-refractivity contribution >= 4 is 33.8 Å². The van der Waals surface area contributed by atoms with Crippen molar-refractivity contribution in [1.82, 2.24) is 9.97 Å². The molecule has 0 unspecified atom stereocenters. The molecular formula is C21H25ClN2OS. The van der Waals surface area contributed by atoms with E-state index in [1.807, 2.05) is 31.2 Å². The van der Waals surface area contributed by atoms with E-state index >= 15 is 0 Å². The Bertz CT molecular complexity index is 902. The second-order valence-electron chi connectivity index (χ2n) is 6.21. The van der Waals surface area contributed by atoms with Crippen LogP contribution in [0.5, 0.6) is 5.75 Å². The van der Waals surface area contributed by atoms with Crippen molar-refractivity contribution in [3.8, 4) is 16.5 Å². The highest BCUT2D eigenvalue weighted by Crippen LogP contribution is 2.34. The van der Waals surface area contributed by atoms with E-state index in [9.17, 15) is 0 Å². The van der Waals surface area contributed by atoms with Gasteiger partial charge in [-0.2, -0.15) is 0 Å². The van der Waals surface area contributed by atoms with Crippen LogP contribution in [0.3, 0.4) is 0 Å². The van der Waals surface area contributed by atoms with Crippen LogP contribution in [0.4, 0.5) is 0 Å². The van der Waals surface area contributed by atoms with E-state index in [2.05, 4.69) is 37.7 Å². The largest absolute Gasteiger partial charge is 0.496 e. The van der Waals surface area contributed by atoms with Gasteiger partial charge < -0.3 is 4.74 Å². The highest BCUT2D eigenvalue weighted by Gasteiger charge is 2.14. The number of fused-ring (bicyclic) bond motifs is 1. The Labute approximate surface area is 164 Å². The maximum atomic E-state index is 6.44. The number of thiazole rings is 1. The summed E-state index contributed by atoms with van der Waals surface area (Å²) in [6, 6.07) is 5.76. The Hall–Kier alpha value is -1.91. The van der Waals surface area contributed by atoms with Gasteiger partial charge in [-0.05, 0) is 37.5 Å². The second kappa shape index (κ2) is 9.15. The number of allylic oxidation sites excluding steroid dienone is 1. The van der Waals surface area contributed by atoms with Crippen molar-refractivity contribution in [2.45, 2.75) is 40.0 Å². The third-order valence-corrected chi connectivity index (χ3v) is 5.17. The molecule has 1 aromatic carbocycles. The smallest absolute Gasteiger partial charge is 0.142 e. The number of benzene rings is 1. The minimum Gasteiger partial charge on any atom is -0.496 e. The fraction of sp³-hybridized carbons (Fsp3) is 0.333. The minimum atomic E-state index is 0.405. The summed E-state index contributed by atoms with van der Waals surface area (Å²) in [5, 5.41) is 4.60. The van der Waals surface area contributed by atoms with Crippen LogP contribution in [0.2, 0.25) is 5.02 Å². The highest BCUT2D eigenvalue weighted by molar-refractivity contribution is 7.13. The van der Waals surface area contributed by atoms with Gasteiger partial charge in [0.25, 0.3) is 0 Å². The summed E-state index contributed by atoms with van der Waals surface area (Å²) in [7, 11) is 1.66. The molecule has 0 aliphatic carbocycles. The standard InChI is InChI=1S/C17H17ClN2OS.C4H8/c1-9(2)14-8-22-17(20-14)13-7-12(18)11-5-6-15(21-4)10(3)16(11)19-13;1-3-4-2/h5-9H,1-4H3;3H,1,4H2,2H3. The molecule has 0 saturated carbocycles. The van der Waals surface area contributed by atoms with E-state index in [0.29, 0.717) is 10.9 Å². The fourth-order valence-electron chi connectivity index (χ4n) is 2.37. The van der Waals surface area contributed by atoms with Crippen molar-refractivity contribution in [3.05, 3.63) is 52.5 Å². The molecule has 0 N–H and O–H groups in total. The van der Waals surface area contributed by atoms with E-state index < -0.39 is 0 Å².